The van der Waals surface area contributed by atoms with E-state index in [2.05, 4.69) is 23.5 Å². The molecule has 0 N–H and O–H groups in total. The van der Waals surface area contributed by atoms with E-state index in [0.29, 0.717) is 11.3 Å². The summed E-state index contributed by atoms with van der Waals surface area (Å²) in [6, 6.07) is 4.20. The minimum Gasteiger partial charge on any atom is -0.446 e. The van der Waals surface area contributed by atoms with Gasteiger partial charge >= 0.3 is 6.09 Å². The molecule has 0 aromatic carbocycles. The number of aromatic nitrogens is 1. The molecule has 1 radical (unpaired) electrons. The van der Waals surface area contributed by atoms with Crippen LogP contribution in [0.5, 0.6) is 0 Å². The smallest absolute Gasteiger partial charge is 0.409 e. The Morgan fingerprint density at radius 2 is 1.71 bits per heavy atom. The summed E-state index contributed by atoms with van der Waals surface area (Å²) in [4.78, 5) is 18.7. The molecule has 187 valence electrons. The molecule has 6 rings (SSSR count). The SMILES string of the molecule is CN(CCC(C[CH]c1ccncc1)CCC12CC3CC(CC(C3)C1)C2)C(=O)OC1CCCCC1. The van der Waals surface area contributed by atoms with E-state index in [0.717, 1.165) is 50.0 Å². The third kappa shape index (κ3) is 6.15. The summed E-state index contributed by atoms with van der Waals surface area (Å²) in [5, 5.41) is 0. The van der Waals surface area contributed by atoms with Gasteiger partial charge in [0.05, 0.1) is 0 Å². The maximum atomic E-state index is 12.7. The summed E-state index contributed by atoms with van der Waals surface area (Å²) < 4.78 is 5.81. The Hall–Kier alpha value is -1.58. The van der Waals surface area contributed by atoms with Crippen LogP contribution in [0.4, 0.5) is 4.79 Å². The van der Waals surface area contributed by atoms with Gasteiger partial charge in [0.2, 0.25) is 0 Å². The summed E-state index contributed by atoms with van der Waals surface area (Å²) in [5.74, 6) is 3.68. The van der Waals surface area contributed by atoms with Crippen molar-refractivity contribution >= 4 is 6.09 Å². The highest BCUT2D eigenvalue weighted by Crippen LogP contribution is 2.61. The normalized spacial score (nSPS) is 31.4. The van der Waals surface area contributed by atoms with Crippen LogP contribution in [0.2, 0.25) is 0 Å². The number of hydrogen-bond acceptors (Lipinski definition) is 3. The minimum absolute atomic E-state index is 0.121. The highest BCUT2D eigenvalue weighted by atomic mass is 16.6. The molecule has 4 heteroatoms. The first-order valence-corrected chi connectivity index (χ1v) is 14.2. The second-order valence-corrected chi connectivity index (χ2v) is 12.4. The van der Waals surface area contributed by atoms with Gasteiger partial charge in [-0.3, -0.25) is 4.98 Å². The molecule has 1 aromatic rings. The van der Waals surface area contributed by atoms with Crippen LogP contribution in [-0.2, 0) is 4.74 Å². The molecule has 5 fully saturated rings. The van der Waals surface area contributed by atoms with Gasteiger partial charge in [-0.2, -0.15) is 0 Å². The second-order valence-electron chi connectivity index (χ2n) is 12.4. The fourth-order valence-electron chi connectivity index (χ4n) is 8.17. The molecule has 1 amide bonds. The molecular weight excluding hydrogens is 420 g/mol. The lowest BCUT2D eigenvalue weighted by Crippen LogP contribution is -2.46. The Bertz CT molecular complexity index is 753. The van der Waals surface area contributed by atoms with Crippen molar-refractivity contribution < 1.29 is 9.53 Å². The summed E-state index contributed by atoms with van der Waals surface area (Å²) in [7, 11) is 1.92. The summed E-state index contributed by atoms with van der Waals surface area (Å²) >= 11 is 0. The van der Waals surface area contributed by atoms with Gasteiger partial charge < -0.3 is 9.64 Å². The molecule has 34 heavy (non-hydrogen) atoms. The Morgan fingerprint density at radius 1 is 1.06 bits per heavy atom. The zero-order valence-electron chi connectivity index (χ0n) is 21.3. The molecule has 1 aromatic heterocycles. The molecule has 1 heterocycles. The van der Waals surface area contributed by atoms with Crippen LogP contribution in [0, 0.1) is 35.5 Å². The van der Waals surface area contributed by atoms with Crippen LogP contribution < -0.4 is 0 Å². The molecule has 4 nitrogen and oxygen atoms in total. The van der Waals surface area contributed by atoms with E-state index in [1.807, 2.05) is 24.3 Å². The molecule has 5 aliphatic carbocycles. The van der Waals surface area contributed by atoms with E-state index >= 15 is 0 Å². The second kappa shape index (κ2) is 11.0. The minimum atomic E-state index is -0.121. The van der Waals surface area contributed by atoms with Crippen molar-refractivity contribution in [2.24, 2.45) is 29.1 Å². The third-order valence-electron chi connectivity index (χ3n) is 9.65. The molecule has 1 unspecified atom stereocenters. The predicted octanol–water partition coefficient (Wildman–Crippen LogP) is 7.43. The monoisotopic (exact) mass is 465 g/mol. The van der Waals surface area contributed by atoms with Gasteiger partial charge in [-0.1, -0.05) is 6.42 Å². The predicted molar refractivity (Wildman–Crippen MR) is 136 cm³/mol. The highest BCUT2D eigenvalue weighted by molar-refractivity contribution is 5.67. The van der Waals surface area contributed by atoms with Crippen LogP contribution in [0.25, 0.3) is 0 Å². The van der Waals surface area contributed by atoms with Gasteiger partial charge in [0.1, 0.15) is 6.10 Å². The number of rotatable bonds is 10. The lowest BCUT2D eigenvalue weighted by atomic mass is 9.48. The topological polar surface area (TPSA) is 42.4 Å². The van der Waals surface area contributed by atoms with Crippen LogP contribution in [-0.4, -0.2) is 35.7 Å². The van der Waals surface area contributed by atoms with Crippen LogP contribution in [0.15, 0.2) is 24.5 Å². The zero-order valence-corrected chi connectivity index (χ0v) is 21.3. The van der Waals surface area contributed by atoms with Crippen LogP contribution in [0.1, 0.15) is 102 Å². The van der Waals surface area contributed by atoms with Crippen LogP contribution in [0.3, 0.4) is 0 Å². The van der Waals surface area contributed by atoms with E-state index in [4.69, 9.17) is 4.74 Å². The highest BCUT2D eigenvalue weighted by Gasteiger charge is 2.50. The largest absolute Gasteiger partial charge is 0.446 e. The quantitative estimate of drug-likeness (QED) is 0.361. The van der Waals surface area contributed by atoms with E-state index < -0.39 is 0 Å². The number of nitrogens with zero attached hydrogens (tertiary/aromatic N) is 2. The molecule has 0 saturated heterocycles. The first-order valence-electron chi connectivity index (χ1n) is 14.2. The molecule has 0 spiro atoms. The fraction of sp³-hybridized carbons (Fsp3) is 0.767. The third-order valence-corrected chi connectivity index (χ3v) is 9.65. The first-order chi connectivity index (χ1) is 16.6. The van der Waals surface area contributed by atoms with Gasteiger partial charge in [0.25, 0.3) is 0 Å². The molecule has 1 atom stereocenters. The van der Waals surface area contributed by atoms with Crippen molar-refractivity contribution in [3.63, 3.8) is 0 Å². The number of carbonyl (C=O) groups excluding carboxylic acids is 1. The van der Waals surface area contributed by atoms with E-state index in [9.17, 15) is 4.79 Å². The number of amides is 1. The maximum Gasteiger partial charge on any atom is 0.409 e. The van der Waals surface area contributed by atoms with E-state index in [1.54, 1.807) is 0 Å². The lowest BCUT2D eigenvalue weighted by molar-refractivity contribution is -0.0602. The Kier molecular flexibility index (Phi) is 7.80. The number of carbonyl (C=O) groups is 1. The summed E-state index contributed by atoms with van der Waals surface area (Å²) in [5.41, 5.74) is 1.90. The number of ether oxygens (including phenoxy) is 1. The molecule has 5 aliphatic rings. The Morgan fingerprint density at radius 3 is 2.35 bits per heavy atom. The van der Waals surface area contributed by atoms with Crippen molar-refractivity contribution in [1.29, 1.82) is 0 Å². The van der Waals surface area contributed by atoms with E-state index in [-0.39, 0.29) is 12.2 Å². The lowest BCUT2D eigenvalue weighted by Gasteiger charge is -2.57. The number of pyridine rings is 1. The van der Waals surface area contributed by atoms with Gasteiger partial charge in [0, 0.05) is 26.0 Å². The summed E-state index contributed by atoms with van der Waals surface area (Å²) in [6.07, 6.45) is 25.8. The van der Waals surface area contributed by atoms with Crippen molar-refractivity contribution in [3.8, 4) is 0 Å². The van der Waals surface area contributed by atoms with Gasteiger partial charge in [-0.25, -0.2) is 4.79 Å². The van der Waals surface area contributed by atoms with Crippen molar-refractivity contribution in [2.75, 3.05) is 13.6 Å². The molecule has 5 saturated carbocycles. The average Bonchev–Trinajstić information content (AvgIpc) is 2.84. The Labute approximate surface area is 207 Å². The van der Waals surface area contributed by atoms with Gasteiger partial charge in [-0.15, -0.1) is 0 Å². The van der Waals surface area contributed by atoms with Gasteiger partial charge in [-0.05, 0) is 143 Å². The molecule has 4 bridgehead atoms. The number of hydrogen-bond donors (Lipinski definition) is 0. The zero-order chi connectivity index (χ0) is 23.4. The van der Waals surface area contributed by atoms with Gasteiger partial charge in [0.15, 0.2) is 0 Å². The summed E-state index contributed by atoms with van der Waals surface area (Å²) in [6.45, 7) is 0.793. The first kappa shape index (κ1) is 24.1. The van der Waals surface area contributed by atoms with E-state index in [1.165, 1.54) is 76.2 Å². The van der Waals surface area contributed by atoms with Crippen molar-refractivity contribution in [3.05, 3.63) is 36.5 Å². The standard InChI is InChI=1S/C30H45N2O2/c1-32(29(33)34-28-5-3-2-4-6-28)16-12-23(7-8-24-10-14-31-15-11-24)9-13-30-20-25-17-26(21-30)19-27(18-25)22-30/h8,10-11,14-15,23,25-28H,2-7,9,12-13,16-22H2,1H3. The fourth-order valence-corrected chi connectivity index (χ4v) is 8.17. The molecular formula is C30H45N2O2. The molecule has 0 aliphatic heterocycles. The van der Waals surface area contributed by atoms with Crippen molar-refractivity contribution in [2.45, 2.75) is 102 Å². The maximum absolute atomic E-state index is 12.7. The van der Waals surface area contributed by atoms with Crippen LogP contribution >= 0.6 is 0 Å². The van der Waals surface area contributed by atoms with Crippen molar-refractivity contribution in [1.82, 2.24) is 9.88 Å². The Balaban J connectivity index is 1.15. The average molecular weight is 466 g/mol.